The Hall–Kier alpha value is -2.50. The molecule has 0 saturated heterocycles. The fraction of sp³-hybridized carbons (Fsp3) is 0.238. The number of nitrogens with zero attached hydrogens (tertiary/aromatic N) is 1. The van der Waals surface area contributed by atoms with Gasteiger partial charge in [-0.25, -0.2) is 4.98 Å². The molecular formula is C21H20N2O2S. The topological polar surface area (TPSA) is 62.2 Å². The quantitative estimate of drug-likeness (QED) is 0.707. The Labute approximate surface area is 156 Å². The van der Waals surface area contributed by atoms with Crippen LogP contribution >= 0.6 is 11.3 Å². The first-order valence-corrected chi connectivity index (χ1v) is 9.63. The number of anilines is 1. The van der Waals surface area contributed by atoms with Crippen LogP contribution in [0.3, 0.4) is 0 Å². The predicted octanol–water partition coefficient (Wildman–Crippen LogP) is 4.36. The van der Waals surface area contributed by atoms with E-state index in [0.29, 0.717) is 11.6 Å². The second-order valence-corrected chi connectivity index (χ2v) is 7.54. The van der Waals surface area contributed by atoms with Crippen LogP contribution in [-0.2, 0) is 17.6 Å². The van der Waals surface area contributed by atoms with E-state index >= 15 is 0 Å². The molecule has 0 unspecified atom stereocenters. The van der Waals surface area contributed by atoms with E-state index in [-0.39, 0.29) is 12.3 Å². The Morgan fingerprint density at radius 3 is 2.73 bits per heavy atom. The smallest absolute Gasteiger partial charge is 0.226 e. The molecule has 132 valence electrons. The highest BCUT2D eigenvalue weighted by Crippen LogP contribution is 2.38. The molecule has 1 aliphatic carbocycles. The van der Waals surface area contributed by atoms with Crippen LogP contribution in [0.25, 0.3) is 11.3 Å². The number of aromatic nitrogens is 1. The van der Waals surface area contributed by atoms with E-state index in [1.54, 1.807) is 11.3 Å². The molecule has 0 radical (unpaired) electrons. The number of nitrogens with one attached hydrogen (secondary N) is 1. The van der Waals surface area contributed by atoms with E-state index in [4.69, 9.17) is 0 Å². The lowest BCUT2D eigenvalue weighted by molar-refractivity contribution is -0.116. The van der Waals surface area contributed by atoms with E-state index in [0.717, 1.165) is 24.1 Å². The van der Waals surface area contributed by atoms with Crippen molar-refractivity contribution in [2.75, 3.05) is 5.32 Å². The number of amides is 1. The van der Waals surface area contributed by atoms with Crippen molar-refractivity contribution in [3.8, 4) is 11.3 Å². The van der Waals surface area contributed by atoms with Gasteiger partial charge in [-0.05, 0) is 30.4 Å². The summed E-state index contributed by atoms with van der Waals surface area (Å²) in [5.74, 6) is -0.112. The van der Waals surface area contributed by atoms with Crippen LogP contribution in [0.15, 0.2) is 54.6 Å². The lowest BCUT2D eigenvalue weighted by Crippen LogP contribution is -2.12. The average Bonchev–Trinajstić information content (AvgIpc) is 3.09. The molecule has 1 aliphatic rings. The maximum absolute atomic E-state index is 12.3. The van der Waals surface area contributed by atoms with Gasteiger partial charge in [-0.3, -0.25) is 4.79 Å². The maximum atomic E-state index is 12.3. The first-order chi connectivity index (χ1) is 12.7. The molecule has 1 atom stereocenters. The number of aryl methyl sites for hydroxylation is 2. The molecule has 0 saturated carbocycles. The largest absolute Gasteiger partial charge is 0.388 e. The third-order valence-electron chi connectivity index (χ3n) is 4.67. The Bertz CT molecular complexity index is 921. The van der Waals surface area contributed by atoms with E-state index in [1.165, 1.54) is 16.0 Å². The van der Waals surface area contributed by atoms with Crippen molar-refractivity contribution >= 4 is 22.4 Å². The summed E-state index contributed by atoms with van der Waals surface area (Å²) in [6.07, 6.45) is 2.01. The van der Waals surface area contributed by atoms with Crippen molar-refractivity contribution in [2.45, 2.75) is 31.8 Å². The lowest BCUT2D eigenvalue weighted by Gasteiger charge is -2.13. The van der Waals surface area contributed by atoms with Gasteiger partial charge in [-0.1, -0.05) is 54.6 Å². The summed E-state index contributed by atoms with van der Waals surface area (Å²) in [5.41, 5.74) is 4.32. The van der Waals surface area contributed by atoms with Gasteiger partial charge in [-0.2, -0.15) is 0 Å². The standard InChI is InChI=1S/C21H20N2O2S/c24-17(15-7-2-1-3-8-15)11-13-19(25)22-21-23-20-16-9-5-4-6-14(16)10-12-18(20)26-21/h1-9,17,24H,10-13H2,(H,22,23,25)/t17-/m0/s1. The third-order valence-corrected chi connectivity index (χ3v) is 5.70. The van der Waals surface area contributed by atoms with Gasteiger partial charge in [0.2, 0.25) is 5.91 Å². The predicted molar refractivity (Wildman–Crippen MR) is 104 cm³/mol. The molecule has 4 rings (SSSR count). The van der Waals surface area contributed by atoms with E-state index in [1.807, 2.05) is 36.4 Å². The summed E-state index contributed by atoms with van der Waals surface area (Å²) in [4.78, 5) is 18.1. The van der Waals surface area contributed by atoms with Crippen LogP contribution < -0.4 is 5.32 Å². The number of carbonyl (C=O) groups is 1. The molecule has 3 aromatic rings. The fourth-order valence-corrected chi connectivity index (χ4v) is 4.29. The van der Waals surface area contributed by atoms with E-state index < -0.39 is 6.10 Å². The Morgan fingerprint density at radius 1 is 1.12 bits per heavy atom. The summed E-state index contributed by atoms with van der Waals surface area (Å²) in [7, 11) is 0. The number of hydrogen-bond donors (Lipinski definition) is 2. The number of hydrogen-bond acceptors (Lipinski definition) is 4. The molecule has 0 aliphatic heterocycles. The Kier molecular flexibility index (Phi) is 4.82. The molecule has 0 bridgehead atoms. The molecule has 1 aromatic heterocycles. The summed E-state index contributed by atoms with van der Waals surface area (Å²) < 4.78 is 0. The first-order valence-electron chi connectivity index (χ1n) is 8.81. The minimum atomic E-state index is -0.627. The van der Waals surface area contributed by atoms with Crippen molar-refractivity contribution < 1.29 is 9.90 Å². The second-order valence-electron chi connectivity index (χ2n) is 6.46. The van der Waals surface area contributed by atoms with Gasteiger partial charge >= 0.3 is 0 Å². The molecule has 5 heteroatoms. The number of benzene rings is 2. The molecule has 1 heterocycles. The minimum Gasteiger partial charge on any atom is -0.388 e. The molecule has 4 nitrogen and oxygen atoms in total. The van der Waals surface area contributed by atoms with Crippen molar-refractivity contribution in [1.29, 1.82) is 0 Å². The number of rotatable bonds is 5. The molecule has 1 amide bonds. The zero-order valence-electron chi connectivity index (χ0n) is 14.3. The molecule has 2 N–H and O–H groups in total. The van der Waals surface area contributed by atoms with Crippen molar-refractivity contribution in [3.05, 3.63) is 70.6 Å². The highest BCUT2D eigenvalue weighted by atomic mass is 32.1. The SMILES string of the molecule is O=C(CC[C@H](O)c1ccccc1)Nc1nc2c(s1)CCc1ccccc1-2. The Balaban J connectivity index is 1.40. The molecule has 0 fully saturated rings. The number of thiazole rings is 1. The van der Waals surface area contributed by atoms with Crippen LogP contribution in [0.4, 0.5) is 5.13 Å². The lowest BCUT2D eigenvalue weighted by atomic mass is 9.94. The van der Waals surface area contributed by atoms with Gasteiger partial charge in [0.05, 0.1) is 11.8 Å². The summed E-state index contributed by atoms with van der Waals surface area (Å²) in [6, 6.07) is 17.7. The van der Waals surface area contributed by atoms with Crippen LogP contribution in [0.1, 0.15) is 34.9 Å². The van der Waals surface area contributed by atoms with E-state index in [9.17, 15) is 9.90 Å². The number of fused-ring (bicyclic) bond motifs is 3. The third kappa shape index (κ3) is 3.54. The highest BCUT2D eigenvalue weighted by Gasteiger charge is 2.21. The van der Waals surface area contributed by atoms with Gasteiger partial charge in [-0.15, -0.1) is 11.3 Å². The second kappa shape index (κ2) is 7.40. The van der Waals surface area contributed by atoms with Gasteiger partial charge in [0.1, 0.15) is 0 Å². The molecule has 26 heavy (non-hydrogen) atoms. The Morgan fingerprint density at radius 2 is 1.88 bits per heavy atom. The van der Waals surface area contributed by atoms with Gasteiger partial charge in [0.15, 0.2) is 5.13 Å². The first kappa shape index (κ1) is 16.9. The van der Waals surface area contributed by atoms with Crippen LogP contribution in [0.5, 0.6) is 0 Å². The summed E-state index contributed by atoms with van der Waals surface area (Å²) in [5, 5.41) is 13.7. The average molecular weight is 364 g/mol. The molecular weight excluding hydrogens is 344 g/mol. The van der Waals surface area contributed by atoms with Gasteiger partial charge in [0, 0.05) is 16.9 Å². The van der Waals surface area contributed by atoms with Crippen molar-refractivity contribution in [1.82, 2.24) is 4.98 Å². The number of aliphatic hydroxyl groups is 1. The highest BCUT2D eigenvalue weighted by molar-refractivity contribution is 7.16. The molecule has 2 aromatic carbocycles. The van der Waals surface area contributed by atoms with Crippen molar-refractivity contribution in [2.24, 2.45) is 0 Å². The van der Waals surface area contributed by atoms with Crippen LogP contribution in [0.2, 0.25) is 0 Å². The minimum absolute atomic E-state index is 0.112. The fourth-order valence-electron chi connectivity index (χ4n) is 3.29. The number of carbonyl (C=O) groups excluding carboxylic acids is 1. The monoisotopic (exact) mass is 364 g/mol. The van der Waals surface area contributed by atoms with Gasteiger partial charge in [0.25, 0.3) is 0 Å². The van der Waals surface area contributed by atoms with E-state index in [2.05, 4.69) is 28.5 Å². The normalized spacial score (nSPS) is 13.6. The molecule has 0 spiro atoms. The van der Waals surface area contributed by atoms with Crippen molar-refractivity contribution in [3.63, 3.8) is 0 Å². The summed E-state index contributed by atoms with van der Waals surface area (Å²) >= 11 is 1.55. The van der Waals surface area contributed by atoms with Crippen LogP contribution in [0, 0.1) is 0 Å². The van der Waals surface area contributed by atoms with Gasteiger partial charge < -0.3 is 10.4 Å². The van der Waals surface area contributed by atoms with Crippen LogP contribution in [-0.4, -0.2) is 16.0 Å². The number of aliphatic hydroxyl groups excluding tert-OH is 1. The maximum Gasteiger partial charge on any atom is 0.226 e. The zero-order chi connectivity index (χ0) is 17.9. The summed E-state index contributed by atoms with van der Waals surface area (Å²) in [6.45, 7) is 0. The zero-order valence-corrected chi connectivity index (χ0v) is 15.1.